The predicted molar refractivity (Wildman–Crippen MR) is 72.2 cm³/mol. The summed E-state index contributed by atoms with van der Waals surface area (Å²) in [5.74, 6) is 0. The lowest BCUT2D eigenvalue weighted by Crippen LogP contribution is -2.17. The highest BCUT2D eigenvalue weighted by Gasteiger charge is 2.08. The van der Waals surface area contributed by atoms with Crippen molar-refractivity contribution in [2.24, 2.45) is 7.05 Å². The molecule has 1 unspecified atom stereocenters. The molecule has 0 aromatic carbocycles. The van der Waals surface area contributed by atoms with Gasteiger partial charge >= 0.3 is 0 Å². The first-order valence-electron chi connectivity index (χ1n) is 5.99. The summed E-state index contributed by atoms with van der Waals surface area (Å²) in [5, 5.41) is 7.86. The van der Waals surface area contributed by atoms with Crippen molar-refractivity contribution >= 4 is 11.3 Å². The van der Waals surface area contributed by atoms with Gasteiger partial charge in [-0.05, 0) is 31.5 Å². The van der Waals surface area contributed by atoms with Crippen molar-refractivity contribution in [1.29, 1.82) is 0 Å². The van der Waals surface area contributed by atoms with E-state index in [0.717, 1.165) is 18.7 Å². The van der Waals surface area contributed by atoms with Gasteiger partial charge in [-0.2, -0.15) is 5.10 Å². The van der Waals surface area contributed by atoms with Crippen LogP contribution < -0.4 is 5.32 Å². The van der Waals surface area contributed by atoms with E-state index < -0.39 is 0 Å². The Balaban J connectivity index is 1.90. The van der Waals surface area contributed by atoms with Crippen molar-refractivity contribution < 1.29 is 0 Å². The molecule has 0 spiro atoms. The molecule has 0 bridgehead atoms. The summed E-state index contributed by atoms with van der Waals surface area (Å²) in [6.07, 6.45) is 3.10. The lowest BCUT2D eigenvalue weighted by molar-refractivity contribution is 0.569. The molecule has 2 aromatic heterocycles. The highest BCUT2D eigenvalue weighted by atomic mass is 32.1. The molecule has 17 heavy (non-hydrogen) atoms. The Labute approximate surface area is 106 Å². The van der Waals surface area contributed by atoms with Gasteiger partial charge in [-0.15, -0.1) is 11.3 Å². The molecule has 0 saturated heterocycles. The summed E-state index contributed by atoms with van der Waals surface area (Å²) < 4.78 is 1.84. The predicted octanol–water partition coefficient (Wildman–Crippen LogP) is 2.89. The topological polar surface area (TPSA) is 29.9 Å². The van der Waals surface area contributed by atoms with Gasteiger partial charge in [-0.3, -0.25) is 4.68 Å². The van der Waals surface area contributed by atoms with Gasteiger partial charge in [-0.25, -0.2) is 0 Å². The number of hydrogen-bond donors (Lipinski definition) is 1. The zero-order chi connectivity index (χ0) is 12.3. The van der Waals surface area contributed by atoms with Crippen molar-refractivity contribution in [3.05, 3.63) is 39.8 Å². The Bertz CT molecular complexity index is 472. The van der Waals surface area contributed by atoms with Crippen molar-refractivity contribution in [3.63, 3.8) is 0 Å². The van der Waals surface area contributed by atoms with Crippen molar-refractivity contribution in [1.82, 2.24) is 15.1 Å². The molecule has 0 fully saturated rings. The first-order valence-corrected chi connectivity index (χ1v) is 6.81. The molecule has 92 valence electrons. The van der Waals surface area contributed by atoms with Gasteiger partial charge < -0.3 is 5.32 Å². The smallest absolute Gasteiger partial charge is 0.0762 e. The third-order valence-corrected chi connectivity index (χ3v) is 4.23. The van der Waals surface area contributed by atoms with Crippen LogP contribution in [-0.2, 0) is 20.0 Å². The molecule has 0 aliphatic rings. The van der Waals surface area contributed by atoms with E-state index >= 15 is 0 Å². The summed E-state index contributed by atoms with van der Waals surface area (Å²) in [6.45, 7) is 5.22. The highest BCUT2D eigenvalue weighted by molar-refractivity contribution is 7.12. The Morgan fingerprint density at radius 2 is 2.24 bits per heavy atom. The molecule has 2 aromatic rings. The van der Waals surface area contributed by atoms with E-state index in [9.17, 15) is 0 Å². The Morgan fingerprint density at radius 3 is 2.82 bits per heavy atom. The quantitative estimate of drug-likeness (QED) is 0.883. The zero-order valence-electron chi connectivity index (χ0n) is 10.6. The van der Waals surface area contributed by atoms with Gasteiger partial charge in [0.25, 0.3) is 0 Å². The second-order valence-electron chi connectivity index (χ2n) is 4.24. The fourth-order valence-electron chi connectivity index (χ4n) is 1.73. The summed E-state index contributed by atoms with van der Waals surface area (Å²) in [4.78, 5) is 2.85. The molecule has 0 aliphatic carbocycles. The average Bonchev–Trinajstić information content (AvgIpc) is 2.94. The van der Waals surface area contributed by atoms with Crippen molar-refractivity contribution in [2.75, 3.05) is 0 Å². The zero-order valence-corrected chi connectivity index (χ0v) is 11.4. The molecule has 1 atom stereocenters. The van der Waals surface area contributed by atoms with Gasteiger partial charge in [-0.1, -0.05) is 6.92 Å². The standard InChI is InChI=1S/C13H19N3S/c1-4-12-5-6-13(17-12)10(2)14-9-11-7-8-16(3)15-11/h5-8,10,14H,4,9H2,1-3H3. The summed E-state index contributed by atoms with van der Waals surface area (Å²) >= 11 is 1.89. The minimum atomic E-state index is 0.391. The average molecular weight is 249 g/mol. The summed E-state index contributed by atoms with van der Waals surface area (Å²) in [7, 11) is 1.94. The molecule has 0 amide bonds. The van der Waals surface area contributed by atoms with E-state index in [2.05, 4.69) is 36.4 Å². The SMILES string of the molecule is CCc1ccc(C(C)NCc2ccn(C)n2)s1. The van der Waals surface area contributed by atoms with Gasteiger partial charge in [0.2, 0.25) is 0 Å². The lowest BCUT2D eigenvalue weighted by Gasteiger charge is -2.10. The Kier molecular flexibility index (Phi) is 3.97. The Morgan fingerprint density at radius 1 is 1.41 bits per heavy atom. The van der Waals surface area contributed by atoms with Crippen LogP contribution in [-0.4, -0.2) is 9.78 Å². The molecular weight excluding hydrogens is 230 g/mol. The first-order chi connectivity index (χ1) is 8.19. The van der Waals surface area contributed by atoms with Gasteiger partial charge in [0, 0.05) is 35.6 Å². The van der Waals surface area contributed by atoms with Gasteiger partial charge in [0.15, 0.2) is 0 Å². The number of aryl methyl sites for hydroxylation is 2. The molecule has 4 heteroatoms. The van der Waals surface area contributed by atoms with Crippen molar-refractivity contribution in [2.45, 2.75) is 32.9 Å². The van der Waals surface area contributed by atoms with Crippen LogP contribution in [0.4, 0.5) is 0 Å². The van der Waals surface area contributed by atoms with Crippen LogP contribution in [0.1, 0.15) is 35.3 Å². The summed E-state index contributed by atoms with van der Waals surface area (Å²) in [5.41, 5.74) is 1.09. The van der Waals surface area contributed by atoms with Crippen LogP contribution in [0, 0.1) is 0 Å². The number of rotatable bonds is 5. The third-order valence-electron chi connectivity index (χ3n) is 2.82. The van der Waals surface area contributed by atoms with E-state index in [1.54, 1.807) is 0 Å². The maximum absolute atomic E-state index is 4.36. The molecule has 2 rings (SSSR count). The molecular formula is C13H19N3S. The van der Waals surface area contributed by atoms with E-state index in [0.29, 0.717) is 6.04 Å². The van der Waals surface area contributed by atoms with Gasteiger partial charge in [0.05, 0.1) is 5.69 Å². The normalized spacial score (nSPS) is 12.9. The number of aromatic nitrogens is 2. The second kappa shape index (κ2) is 5.47. The fourth-order valence-corrected chi connectivity index (χ4v) is 2.71. The monoisotopic (exact) mass is 249 g/mol. The van der Waals surface area contributed by atoms with Crippen LogP contribution in [0.15, 0.2) is 24.4 Å². The molecule has 0 radical (unpaired) electrons. The van der Waals surface area contributed by atoms with Crippen LogP contribution in [0.2, 0.25) is 0 Å². The molecule has 2 heterocycles. The van der Waals surface area contributed by atoms with E-state index in [4.69, 9.17) is 0 Å². The number of hydrogen-bond acceptors (Lipinski definition) is 3. The maximum Gasteiger partial charge on any atom is 0.0762 e. The molecule has 3 nitrogen and oxygen atoms in total. The maximum atomic E-state index is 4.36. The van der Waals surface area contributed by atoms with E-state index in [1.165, 1.54) is 9.75 Å². The van der Waals surface area contributed by atoms with E-state index in [-0.39, 0.29) is 0 Å². The van der Waals surface area contributed by atoms with Crippen LogP contribution in [0.3, 0.4) is 0 Å². The van der Waals surface area contributed by atoms with Crippen LogP contribution in [0.25, 0.3) is 0 Å². The van der Waals surface area contributed by atoms with E-state index in [1.807, 2.05) is 35.3 Å². The molecule has 1 N–H and O–H groups in total. The number of nitrogens with zero attached hydrogens (tertiary/aromatic N) is 2. The fraction of sp³-hybridized carbons (Fsp3) is 0.462. The van der Waals surface area contributed by atoms with Gasteiger partial charge in [0.1, 0.15) is 0 Å². The summed E-state index contributed by atoms with van der Waals surface area (Å²) in [6, 6.07) is 6.88. The first kappa shape index (κ1) is 12.3. The van der Waals surface area contributed by atoms with Crippen LogP contribution in [0.5, 0.6) is 0 Å². The van der Waals surface area contributed by atoms with Crippen LogP contribution >= 0.6 is 11.3 Å². The highest BCUT2D eigenvalue weighted by Crippen LogP contribution is 2.23. The lowest BCUT2D eigenvalue weighted by atomic mass is 10.2. The number of nitrogens with one attached hydrogen (secondary N) is 1. The van der Waals surface area contributed by atoms with Crippen molar-refractivity contribution in [3.8, 4) is 0 Å². The second-order valence-corrected chi connectivity index (χ2v) is 5.44. The largest absolute Gasteiger partial charge is 0.304 e. The Hall–Kier alpha value is -1.13. The minimum absolute atomic E-state index is 0.391. The number of thiophene rings is 1. The third kappa shape index (κ3) is 3.17. The molecule has 0 aliphatic heterocycles. The minimum Gasteiger partial charge on any atom is -0.304 e. The molecule has 0 saturated carbocycles.